The normalized spacial score (nSPS) is 12.7. The Morgan fingerprint density at radius 3 is 2.71 bits per heavy atom. The summed E-state index contributed by atoms with van der Waals surface area (Å²) in [5.41, 5.74) is -0.291. The van der Waals surface area contributed by atoms with Crippen LogP contribution < -0.4 is 5.56 Å². The molecule has 3 aromatic rings. The highest BCUT2D eigenvalue weighted by Crippen LogP contribution is 2.22. The van der Waals surface area contributed by atoms with E-state index in [1.807, 2.05) is 0 Å². The van der Waals surface area contributed by atoms with Gasteiger partial charge in [-0.3, -0.25) is 9.36 Å². The highest BCUT2D eigenvalue weighted by molar-refractivity contribution is 9.10. The fourth-order valence-electron chi connectivity index (χ4n) is 2.42. The summed E-state index contributed by atoms with van der Waals surface area (Å²) >= 11 is 3.13. The fourth-order valence-corrected chi connectivity index (χ4v) is 2.88. The van der Waals surface area contributed by atoms with E-state index in [0.29, 0.717) is 11.5 Å². The number of pyridine rings is 1. The topological polar surface area (TPSA) is 80.3 Å². The molecule has 0 fully saturated rings. The molecular weight excluding hydrogens is 388 g/mol. The molecule has 0 spiro atoms. The van der Waals surface area contributed by atoms with Gasteiger partial charge in [-0.1, -0.05) is 0 Å². The lowest BCUT2D eigenvalue weighted by Crippen LogP contribution is -2.30. The van der Waals surface area contributed by atoms with Gasteiger partial charge in [-0.15, -0.1) is 0 Å². The van der Waals surface area contributed by atoms with Crippen molar-refractivity contribution in [2.45, 2.75) is 12.6 Å². The van der Waals surface area contributed by atoms with Crippen LogP contribution in [-0.4, -0.2) is 37.3 Å². The number of rotatable bonds is 4. The van der Waals surface area contributed by atoms with E-state index in [1.165, 1.54) is 22.9 Å². The first-order valence-corrected chi connectivity index (χ1v) is 7.73. The van der Waals surface area contributed by atoms with Gasteiger partial charge in [0.25, 0.3) is 5.56 Å². The van der Waals surface area contributed by atoms with Crippen LogP contribution in [0.3, 0.4) is 0 Å². The smallest absolute Gasteiger partial charge is 0.266 e. The van der Waals surface area contributed by atoms with Crippen LogP contribution >= 0.6 is 15.9 Å². The Morgan fingerprint density at radius 2 is 2.04 bits per heavy atom. The van der Waals surface area contributed by atoms with Gasteiger partial charge in [-0.25, -0.2) is 13.5 Å². The van der Waals surface area contributed by atoms with Crippen molar-refractivity contribution in [3.63, 3.8) is 0 Å². The summed E-state index contributed by atoms with van der Waals surface area (Å²) in [5, 5.41) is 23.3. The molecule has 0 amide bonds. The molecule has 0 saturated carbocycles. The Balaban J connectivity index is 2.31. The quantitative estimate of drug-likeness (QED) is 0.697. The lowest BCUT2D eigenvalue weighted by atomic mass is 10.3. The Kier molecular flexibility index (Phi) is 4.48. The van der Waals surface area contributed by atoms with E-state index in [2.05, 4.69) is 21.0 Å². The molecular formula is C15H12BrF2N3O3. The van der Waals surface area contributed by atoms with Gasteiger partial charge in [-0.05, 0) is 34.1 Å². The third kappa shape index (κ3) is 2.85. The number of fused-ring (bicyclic) bond motifs is 1. The van der Waals surface area contributed by atoms with Gasteiger partial charge in [-0.2, -0.15) is 5.10 Å². The fraction of sp³-hybridized carbons (Fsp3) is 0.200. The molecule has 24 heavy (non-hydrogen) atoms. The van der Waals surface area contributed by atoms with Gasteiger partial charge in [0.1, 0.15) is 17.2 Å². The monoisotopic (exact) mass is 399 g/mol. The lowest BCUT2D eigenvalue weighted by Gasteiger charge is -2.14. The summed E-state index contributed by atoms with van der Waals surface area (Å²) in [6.07, 6.45) is 0.242. The standard InChI is InChI=1S/C15H12BrF2N3O3/c16-11-3-8-5-19-21(13-2-1-9(17)4-12(13)18)14(8)20(15(11)24)6-10(23)7-22/h1-5,10,22-23H,6-7H2. The van der Waals surface area contributed by atoms with Crippen LogP contribution in [0.15, 0.2) is 39.7 Å². The van der Waals surface area contributed by atoms with Crippen LogP contribution in [0.2, 0.25) is 0 Å². The Hall–Kier alpha value is -2.10. The minimum atomic E-state index is -1.18. The summed E-state index contributed by atoms with van der Waals surface area (Å²) in [5.74, 6) is -1.58. The van der Waals surface area contributed by atoms with Crippen LogP contribution in [0.1, 0.15) is 0 Å². The molecule has 1 atom stereocenters. The van der Waals surface area contributed by atoms with Crippen LogP contribution in [0, 0.1) is 11.6 Å². The number of hydrogen-bond donors (Lipinski definition) is 2. The molecule has 2 heterocycles. The van der Waals surface area contributed by atoms with Gasteiger partial charge < -0.3 is 10.2 Å². The summed E-state index contributed by atoms with van der Waals surface area (Å²) in [4.78, 5) is 12.4. The van der Waals surface area contributed by atoms with Crippen molar-refractivity contribution in [1.82, 2.24) is 14.3 Å². The van der Waals surface area contributed by atoms with Crippen LogP contribution in [0.5, 0.6) is 0 Å². The minimum absolute atomic E-state index is 0.0413. The van der Waals surface area contributed by atoms with Crippen molar-refractivity contribution in [3.8, 4) is 5.69 Å². The van der Waals surface area contributed by atoms with E-state index in [-0.39, 0.29) is 22.4 Å². The van der Waals surface area contributed by atoms with Crippen molar-refractivity contribution in [3.05, 3.63) is 56.9 Å². The number of benzene rings is 1. The summed E-state index contributed by atoms with van der Waals surface area (Å²) in [6, 6.07) is 4.52. The van der Waals surface area contributed by atoms with E-state index in [4.69, 9.17) is 5.11 Å². The van der Waals surface area contributed by atoms with Crippen molar-refractivity contribution in [2.24, 2.45) is 0 Å². The average molecular weight is 400 g/mol. The lowest BCUT2D eigenvalue weighted by molar-refractivity contribution is 0.0812. The maximum Gasteiger partial charge on any atom is 0.266 e. The second kappa shape index (κ2) is 6.42. The number of halogens is 3. The zero-order valence-electron chi connectivity index (χ0n) is 12.2. The molecule has 0 aliphatic rings. The maximum atomic E-state index is 14.1. The molecule has 0 saturated heterocycles. The Morgan fingerprint density at radius 1 is 1.29 bits per heavy atom. The number of aliphatic hydroxyl groups is 2. The number of nitrogens with zero attached hydrogens (tertiary/aromatic N) is 3. The minimum Gasteiger partial charge on any atom is -0.394 e. The van der Waals surface area contributed by atoms with E-state index < -0.39 is 29.9 Å². The zero-order valence-corrected chi connectivity index (χ0v) is 13.7. The van der Waals surface area contributed by atoms with Crippen molar-refractivity contribution < 1.29 is 19.0 Å². The largest absolute Gasteiger partial charge is 0.394 e. The molecule has 0 bridgehead atoms. The van der Waals surface area contributed by atoms with Crippen molar-refractivity contribution in [2.75, 3.05) is 6.61 Å². The van der Waals surface area contributed by atoms with Gasteiger partial charge in [0.05, 0.1) is 29.9 Å². The van der Waals surface area contributed by atoms with Gasteiger partial charge in [0, 0.05) is 11.5 Å². The van der Waals surface area contributed by atoms with E-state index in [9.17, 15) is 18.7 Å². The highest BCUT2D eigenvalue weighted by Gasteiger charge is 2.18. The van der Waals surface area contributed by atoms with Crippen molar-refractivity contribution in [1.29, 1.82) is 0 Å². The van der Waals surface area contributed by atoms with Crippen LogP contribution in [0.4, 0.5) is 8.78 Å². The molecule has 0 radical (unpaired) electrons. The van der Waals surface area contributed by atoms with E-state index in [1.54, 1.807) is 0 Å². The first kappa shape index (κ1) is 16.7. The predicted molar refractivity (Wildman–Crippen MR) is 86.0 cm³/mol. The third-order valence-corrected chi connectivity index (χ3v) is 4.07. The molecule has 9 heteroatoms. The first-order valence-electron chi connectivity index (χ1n) is 6.93. The summed E-state index contributed by atoms with van der Waals surface area (Å²) in [7, 11) is 0. The van der Waals surface area contributed by atoms with E-state index >= 15 is 0 Å². The summed E-state index contributed by atoms with van der Waals surface area (Å²) in [6.45, 7) is -0.751. The Bertz CT molecular complexity index is 970. The second-order valence-corrected chi connectivity index (χ2v) is 6.03. The molecule has 2 N–H and O–H groups in total. The SMILES string of the molecule is O=c1c(Br)cc2cnn(-c3ccc(F)cc3F)c2n1CC(O)CO. The molecule has 0 aliphatic carbocycles. The van der Waals surface area contributed by atoms with Crippen LogP contribution in [0.25, 0.3) is 16.7 Å². The molecule has 3 rings (SSSR count). The number of hydrogen-bond acceptors (Lipinski definition) is 4. The molecule has 6 nitrogen and oxygen atoms in total. The maximum absolute atomic E-state index is 14.1. The number of aromatic nitrogens is 3. The number of aliphatic hydroxyl groups excluding tert-OH is 2. The van der Waals surface area contributed by atoms with Gasteiger partial charge >= 0.3 is 0 Å². The summed E-state index contributed by atoms with van der Waals surface area (Å²) < 4.78 is 29.8. The van der Waals surface area contributed by atoms with Gasteiger partial charge in [0.15, 0.2) is 5.82 Å². The third-order valence-electron chi connectivity index (χ3n) is 3.50. The average Bonchev–Trinajstić information content (AvgIpc) is 2.94. The second-order valence-electron chi connectivity index (χ2n) is 5.18. The Labute approximate surface area is 142 Å². The van der Waals surface area contributed by atoms with E-state index in [0.717, 1.165) is 10.7 Å². The highest BCUT2D eigenvalue weighted by atomic mass is 79.9. The van der Waals surface area contributed by atoms with Crippen LogP contribution in [-0.2, 0) is 6.54 Å². The molecule has 1 aromatic carbocycles. The molecule has 1 unspecified atom stereocenters. The molecule has 0 aliphatic heterocycles. The predicted octanol–water partition coefficient (Wildman–Crippen LogP) is 1.58. The van der Waals surface area contributed by atoms with Crippen molar-refractivity contribution >= 4 is 27.0 Å². The molecule has 126 valence electrons. The zero-order chi connectivity index (χ0) is 17.4. The van der Waals surface area contributed by atoms with Gasteiger partial charge in [0.2, 0.25) is 0 Å². The molecule has 2 aromatic heterocycles. The first-order chi connectivity index (χ1) is 11.4.